The molecule has 0 radical (unpaired) electrons. The maximum Gasteiger partial charge on any atom is 0.337 e. The number of rotatable bonds is 3. The second-order valence-electron chi connectivity index (χ2n) is 6.18. The number of ether oxygens (including phenoxy) is 2. The van der Waals surface area contributed by atoms with Crippen LogP contribution in [0.15, 0.2) is 18.2 Å². The van der Waals surface area contributed by atoms with Crippen LogP contribution in [0.25, 0.3) is 0 Å². The molecule has 1 saturated heterocycles. The summed E-state index contributed by atoms with van der Waals surface area (Å²) >= 11 is 12.2. The minimum atomic E-state index is -4.44. The molecule has 1 spiro atoms. The summed E-state index contributed by atoms with van der Waals surface area (Å²) in [4.78, 5) is 0. The maximum absolute atomic E-state index is 11.6. The molecule has 1 N–H and O–H groups in total. The highest BCUT2D eigenvalue weighted by molar-refractivity contribution is 7.83. The first-order chi connectivity index (χ1) is 11.2. The minimum Gasteiger partial charge on any atom is -0.338 e. The van der Waals surface area contributed by atoms with E-state index in [4.69, 9.17) is 32.7 Å². The van der Waals surface area contributed by atoms with E-state index in [9.17, 15) is 13.0 Å². The summed E-state index contributed by atoms with van der Waals surface area (Å²) in [6, 6.07) is 4.91. The Balaban J connectivity index is 1.99. The van der Waals surface area contributed by atoms with E-state index in [-0.39, 0.29) is 0 Å². The normalized spacial score (nSPS) is 27.0. The summed E-state index contributed by atoms with van der Waals surface area (Å²) < 4.78 is 45.5. The quantitative estimate of drug-likeness (QED) is 0.787. The molecule has 24 heavy (non-hydrogen) atoms. The summed E-state index contributed by atoms with van der Waals surface area (Å²) in [7, 11) is -3.19. The smallest absolute Gasteiger partial charge is 0.337 e. The molecule has 0 aromatic heterocycles. The number of hydrogen-bond donors (Lipinski definition) is 1. The van der Waals surface area contributed by atoms with Crippen LogP contribution >= 0.6 is 23.2 Å². The number of nitrogens with zero attached hydrogens (tertiary/aromatic N) is 1. The van der Waals surface area contributed by atoms with Crippen LogP contribution in [0.3, 0.4) is 0 Å². The van der Waals surface area contributed by atoms with Gasteiger partial charge < -0.3 is 9.47 Å². The van der Waals surface area contributed by atoms with E-state index in [0.717, 1.165) is 23.6 Å². The lowest BCUT2D eigenvalue weighted by Gasteiger charge is -2.32. The molecule has 3 rings (SSSR count). The van der Waals surface area contributed by atoms with Crippen LogP contribution in [0, 0.1) is 0 Å². The first-order valence-electron chi connectivity index (χ1n) is 7.73. The molecule has 1 aliphatic heterocycles. The van der Waals surface area contributed by atoms with Gasteiger partial charge in [-0.1, -0.05) is 35.7 Å². The Morgan fingerprint density at radius 1 is 1.21 bits per heavy atom. The van der Waals surface area contributed by atoms with Crippen molar-refractivity contribution in [3.63, 3.8) is 0 Å². The third-order valence-corrected chi connectivity index (χ3v) is 6.04. The number of benzene rings is 1. The van der Waals surface area contributed by atoms with E-state index >= 15 is 0 Å². The van der Waals surface area contributed by atoms with Gasteiger partial charge in [0.05, 0.1) is 0 Å². The van der Waals surface area contributed by atoms with Crippen LogP contribution < -0.4 is 0 Å². The molecule has 2 atom stereocenters. The van der Waals surface area contributed by atoms with Gasteiger partial charge >= 0.3 is 10.3 Å². The third kappa shape index (κ3) is 3.58. The molecule has 1 aliphatic carbocycles. The highest BCUT2D eigenvalue weighted by Crippen LogP contribution is 2.48. The van der Waals surface area contributed by atoms with Crippen LogP contribution in [-0.2, 0) is 19.8 Å². The van der Waals surface area contributed by atoms with Gasteiger partial charge in [0.15, 0.2) is 12.0 Å². The van der Waals surface area contributed by atoms with Gasteiger partial charge in [0.25, 0.3) is 0 Å². The summed E-state index contributed by atoms with van der Waals surface area (Å²) in [5.41, 5.74) is 0.573. The van der Waals surface area contributed by atoms with Gasteiger partial charge in [-0.05, 0) is 25.0 Å². The molecular formula is C15H19Cl2NO5S. The standard InChI is InChI=1S/C15H19Cl2NO5S/c1-18(24(19,20)21)14-13(11-6-5-10(16)9-12(11)17)22-15(23-14)7-3-2-4-8-15/h5-6,9,13-14H,2-4,7-8H2,1H3,(H,19,20,21). The zero-order chi connectivity index (χ0) is 17.5. The highest BCUT2D eigenvalue weighted by atomic mass is 35.5. The lowest BCUT2D eigenvalue weighted by atomic mass is 9.94. The summed E-state index contributed by atoms with van der Waals surface area (Å²) in [5, 5.41) is 0.826. The second-order valence-corrected chi connectivity index (χ2v) is 8.49. The van der Waals surface area contributed by atoms with E-state index in [1.165, 1.54) is 7.05 Å². The van der Waals surface area contributed by atoms with E-state index in [1.807, 2.05) is 0 Å². The van der Waals surface area contributed by atoms with Crippen molar-refractivity contribution >= 4 is 33.5 Å². The first kappa shape index (κ1) is 18.4. The van der Waals surface area contributed by atoms with E-state index in [1.54, 1.807) is 18.2 Å². The predicted octanol–water partition coefficient (Wildman–Crippen LogP) is 3.80. The molecule has 2 unspecified atom stereocenters. The van der Waals surface area contributed by atoms with Gasteiger partial charge in [0.1, 0.15) is 6.10 Å². The largest absolute Gasteiger partial charge is 0.338 e. The highest BCUT2D eigenvalue weighted by Gasteiger charge is 2.52. The summed E-state index contributed by atoms with van der Waals surface area (Å²) in [6.45, 7) is 0. The van der Waals surface area contributed by atoms with Gasteiger partial charge in [-0.3, -0.25) is 4.55 Å². The predicted molar refractivity (Wildman–Crippen MR) is 90.3 cm³/mol. The Labute approximate surface area is 151 Å². The van der Waals surface area contributed by atoms with Crippen molar-refractivity contribution in [3.8, 4) is 0 Å². The molecule has 1 saturated carbocycles. The molecule has 1 aromatic rings. The SMILES string of the molecule is CN(C1OC2(CCCCC2)OC1c1ccc(Cl)cc1Cl)S(=O)(=O)O. The first-order valence-corrected chi connectivity index (χ1v) is 9.88. The maximum atomic E-state index is 11.6. The monoisotopic (exact) mass is 395 g/mol. The molecule has 9 heteroatoms. The Hall–Kier alpha value is -0.410. The molecule has 0 amide bonds. The number of hydrogen-bond acceptors (Lipinski definition) is 4. The number of halogens is 2. The molecule has 6 nitrogen and oxygen atoms in total. The molecule has 1 heterocycles. The lowest BCUT2D eigenvalue weighted by molar-refractivity contribution is -0.200. The van der Waals surface area contributed by atoms with Crippen molar-refractivity contribution in [1.82, 2.24) is 4.31 Å². The molecule has 1 aromatic carbocycles. The Morgan fingerprint density at radius 2 is 1.88 bits per heavy atom. The van der Waals surface area contributed by atoms with Crippen LogP contribution in [0.2, 0.25) is 10.0 Å². The molecular weight excluding hydrogens is 377 g/mol. The average molecular weight is 396 g/mol. The van der Waals surface area contributed by atoms with E-state index in [0.29, 0.717) is 28.5 Å². The minimum absolute atomic E-state index is 0.359. The fourth-order valence-electron chi connectivity index (χ4n) is 3.27. The van der Waals surface area contributed by atoms with Gasteiger partial charge in [-0.2, -0.15) is 12.7 Å². The van der Waals surface area contributed by atoms with Crippen molar-refractivity contribution in [2.75, 3.05) is 7.05 Å². The van der Waals surface area contributed by atoms with Gasteiger partial charge in [-0.25, -0.2) is 0 Å². The van der Waals surface area contributed by atoms with Gasteiger partial charge in [0, 0.05) is 35.5 Å². The fraction of sp³-hybridized carbons (Fsp3) is 0.600. The lowest BCUT2D eigenvalue weighted by Crippen LogP contribution is -2.41. The summed E-state index contributed by atoms with van der Waals surface area (Å²) in [6.07, 6.45) is 2.54. The number of likely N-dealkylation sites (N-methyl/N-ethyl adjacent to an activating group) is 1. The Kier molecular flexibility index (Phi) is 5.15. The van der Waals surface area contributed by atoms with Crippen molar-refractivity contribution < 1.29 is 22.4 Å². The Bertz CT molecular complexity index is 721. The van der Waals surface area contributed by atoms with E-state index < -0.39 is 28.4 Å². The van der Waals surface area contributed by atoms with Crippen molar-refractivity contribution in [2.45, 2.75) is 50.2 Å². The Morgan fingerprint density at radius 3 is 2.46 bits per heavy atom. The third-order valence-electron chi connectivity index (χ3n) is 4.54. The topological polar surface area (TPSA) is 76.1 Å². The van der Waals surface area contributed by atoms with Crippen molar-refractivity contribution in [1.29, 1.82) is 0 Å². The fourth-order valence-corrected chi connectivity index (χ4v) is 4.20. The molecule has 134 valence electrons. The molecule has 2 fully saturated rings. The van der Waals surface area contributed by atoms with Crippen molar-refractivity contribution in [3.05, 3.63) is 33.8 Å². The average Bonchev–Trinajstić information content (AvgIpc) is 2.85. The van der Waals surface area contributed by atoms with Crippen LogP contribution in [-0.4, -0.2) is 36.3 Å². The zero-order valence-electron chi connectivity index (χ0n) is 13.1. The molecule has 2 aliphatic rings. The van der Waals surface area contributed by atoms with Crippen LogP contribution in [0.4, 0.5) is 0 Å². The van der Waals surface area contributed by atoms with Gasteiger partial charge in [-0.15, -0.1) is 0 Å². The van der Waals surface area contributed by atoms with Crippen molar-refractivity contribution in [2.24, 2.45) is 0 Å². The molecule has 0 bridgehead atoms. The van der Waals surface area contributed by atoms with Crippen LogP contribution in [0.1, 0.15) is 43.8 Å². The summed E-state index contributed by atoms with van der Waals surface area (Å²) in [5.74, 6) is -0.852. The van der Waals surface area contributed by atoms with Crippen LogP contribution in [0.5, 0.6) is 0 Å². The van der Waals surface area contributed by atoms with Gasteiger partial charge in [0.2, 0.25) is 0 Å². The van der Waals surface area contributed by atoms with E-state index in [2.05, 4.69) is 0 Å². The zero-order valence-corrected chi connectivity index (χ0v) is 15.4. The second kappa shape index (κ2) is 6.72.